The van der Waals surface area contributed by atoms with Gasteiger partial charge in [0.15, 0.2) is 0 Å². The molecule has 1 aliphatic heterocycles. The van der Waals surface area contributed by atoms with Crippen LogP contribution in [0.4, 0.5) is 5.69 Å². The van der Waals surface area contributed by atoms with Crippen molar-refractivity contribution in [2.45, 2.75) is 12.5 Å². The first-order chi connectivity index (χ1) is 6.66. The van der Waals surface area contributed by atoms with Crippen LogP contribution in [0.15, 0.2) is 18.2 Å². The van der Waals surface area contributed by atoms with E-state index in [1.165, 1.54) is 12.1 Å². The van der Waals surface area contributed by atoms with Gasteiger partial charge in [0.1, 0.15) is 12.4 Å². The molecule has 1 aromatic rings. The van der Waals surface area contributed by atoms with Gasteiger partial charge in [0.25, 0.3) is 5.69 Å². The van der Waals surface area contributed by atoms with Crippen molar-refractivity contribution in [2.24, 2.45) is 5.73 Å². The van der Waals surface area contributed by atoms with Gasteiger partial charge < -0.3 is 10.5 Å². The number of non-ortho nitro benzene ring substituents is 1. The number of nitrogens with two attached hydrogens (primary N) is 1. The van der Waals surface area contributed by atoms with E-state index < -0.39 is 4.92 Å². The zero-order chi connectivity index (χ0) is 10.1. The number of nitrogens with zero attached hydrogens (tertiary/aromatic N) is 1. The standard InChI is InChI=1S/C9H10N2O3.ClH/c10-7-3-6-4-8(11(12)13)1-2-9(6)14-5-7;/h1-2,4,7H,3,5,10H2;1H/t7-;/m1./s1. The lowest BCUT2D eigenvalue weighted by Crippen LogP contribution is -2.33. The molecule has 0 bridgehead atoms. The fourth-order valence-corrected chi connectivity index (χ4v) is 1.52. The minimum Gasteiger partial charge on any atom is -0.492 e. The van der Waals surface area contributed by atoms with Gasteiger partial charge in [-0.1, -0.05) is 0 Å². The molecule has 0 fully saturated rings. The van der Waals surface area contributed by atoms with Gasteiger partial charge in [-0.3, -0.25) is 10.1 Å². The summed E-state index contributed by atoms with van der Waals surface area (Å²) in [7, 11) is 0. The molecule has 0 saturated carbocycles. The summed E-state index contributed by atoms with van der Waals surface area (Å²) in [6, 6.07) is 4.52. The molecule has 1 atom stereocenters. The molecule has 0 amide bonds. The summed E-state index contributed by atoms with van der Waals surface area (Å²) in [6.07, 6.45) is 0.636. The Kier molecular flexibility index (Phi) is 3.49. The summed E-state index contributed by atoms with van der Waals surface area (Å²) in [5, 5.41) is 10.5. The molecule has 0 unspecified atom stereocenters. The third-order valence-corrected chi connectivity index (χ3v) is 2.19. The van der Waals surface area contributed by atoms with Crippen molar-refractivity contribution in [1.82, 2.24) is 0 Å². The van der Waals surface area contributed by atoms with Gasteiger partial charge >= 0.3 is 0 Å². The second kappa shape index (κ2) is 4.46. The fourth-order valence-electron chi connectivity index (χ4n) is 1.52. The number of halogens is 1. The van der Waals surface area contributed by atoms with Crippen LogP contribution >= 0.6 is 12.4 Å². The number of hydrogen-bond donors (Lipinski definition) is 1. The van der Waals surface area contributed by atoms with Crippen LogP contribution in [0.2, 0.25) is 0 Å². The van der Waals surface area contributed by atoms with E-state index in [9.17, 15) is 10.1 Å². The summed E-state index contributed by atoms with van der Waals surface area (Å²) in [5.74, 6) is 0.706. The molecular formula is C9H11ClN2O3. The highest BCUT2D eigenvalue weighted by Crippen LogP contribution is 2.27. The van der Waals surface area contributed by atoms with Gasteiger partial charge in [0, 0.05) is 23.7 Å². The second-order valence-electron chi connectivity index (χ2n) is 3.32. The molecule has 82 valence electrons. The lowest BCUT2D eigenvalue weighted by Gasteiger charge is -2.21. The molecule has 0 aromatic heterocycles. The molecule has 2 N–H and O–H groups in total. The van der Waals surface area contributed by atoms with E-state index in [2.05, 4.69) is 0 Å². The van der Waals surface area contributed by atoms with Crippen LogP contribution in [0.3, 0.4) is 0 Å². The smallest absolute Gasteiger partial charge is 0.269 e. The topological polar surface area (TPSA) is 78.4 Å². The molecule has 1 aromatic carbocycles. The molecule has 0 aliphatic carbocycles. The molecule has 1 aliphatic rings. The van der Waals surface area contributed by atoms with E-state index >= 15 is 0 Å². The third-order valence-electron chi connectivity index (χ3n) is 2.19. The normalized spacial score (nSPS) is 18.3. The van der Waals surface area contributed by atoms with Crippen LogP contribution in [0, 0.1) is 10.1 Å². The Morgan fingerprint density at radius 2 is 2.27 bits per heavy atom. The van der Waals surface area contributed by atoms with Gasteiger partial charge in [-0.2, -0.15) is 0 Å². The molecule has 6 heteroatoms. The average molecular weight is 231 g/mol. The number of benzene rings is 1. The highest BCUT2D eigenvalue weighted by atomic mass is 35.5. The number of rotatable bonds is 1. The Morgan fingerprint density at radius 3 is 2.93 bits per heavy atom. The Labute approximate surface area is 92.8 Å². The minimum atomic E-state index is -0.416. The molecule has 1 heterocycles. The zero-order valence-electron chi connectivity index (χ0n) is 7.88. The number of nitro benzene ring substituents is 1. The van der Waals surface area contributed by atoms with E-state index in [-0.39, 0.29) is 24.1 Å². The Hall–Kier alpha value is -1.33. The molecule has 0 radical (unpaired) electrons. The largest absolute Gasteiger partial charge is 0.492 e. The maximum Gasteiger partial charge on any atom is 0.269 e. The zero-order valence-corrected chi connectivity index (χ0v) is 8.70. The summed E-state index contributed by atoms with van der Waals surface area (Å²) >= 11 is 0. The van der Waals surface area contributed by atoms with Crippen LogP contribution in [-0.4, -0.2) is 17.6 Å². The van der Waals surface area contributed by atoms with Crippen LogP contribution in [-0.2, 0) is 6.42 Å². The fraction of sp³-hybridized carbons (Fsp3) is 0.333. The van der Waals surface area contributed by atoms with E-state index in [4.69, 9.17) is 10.5 Å². The van der Waals surface area contributed by atoms with Crippen molar-refractivity contribution in [1.29, 1.82) is 0 Å². The summed E-state index contributed by atoms with van der Waals surface area (Å²) in [6.45, 7) is 0.477. The quantitative estimate of drug-likeness (QED) is 0.582. The number of nitro groups is 1. The number of ether oxygens (including phenoxy) is 1. The molecular weight excluding hydrogens is 220 g/mol. The molecule has 0 spiro atoms. The Balaban J connectivity index is 0.00000112. The van der Waals surface area contributed by atoms with E-state index in [1.54, 1.807) is 6.07 Å². The first-order valence-corrected chi connectivity index (χ1v) is 4.32. The maximum absolute atomic E-state index is 10.5. The maximum atomic E-state index is 10.5. The van der Waals surface area contributed by atoms with Gasteiger partial charge in [-0.25, -0.2) is 0 Å². The van der Waals surface area contributed by atoms with Crippen molar-refractivity contribution in [3.63, 3.8) is 0 Å². The van der Waals surface area contributed by atoms with Crippen LogP contribution < -0.4 is 10.5 Å². The van der Waals surface area contributed by atoms with Crippen LogP contribution in [0.25, 0.3) is 0 Å². The molecule has 15 heavy (non-hydrogen) atoms. The predicted octanol–water partition coefficient (Wildman–Crippen LogP) is 1.28. The average Bonchev–Trinajstić information content (AvgIpc) is 2.16. The third kappa shape index (κ3) is 2.37. The van der Waals surface area contributed by atoms with Crippen molar-refractivity contribution in [2.75, 3.05) is 6.61 Å². The monoisotopic (exact) mass is 230 g/mol. The highest BCUT2D eigenvalue weighted by molar-refractivity contribution is 5.85. The molecule has 5 nitrogen and oxygen atoms in total. The van der Waals surface area contributed by atoms with Gasteiger partial charge in [0.2, 0.25) is 0 Å². The van der Waals surface area contributed by atoms with E-state index in [0.717, 1.165) is 5.56 Å². The van der Waals surface area contributed by atoms with E-state index in [1.807, 2.05) is 0 Å². The van der Waals surface area contributed by atoms with Crippen molar-refractivity contribution in [3.8, 4) is 5.75 Å². The van der Waals surface area contributed by atoms with Gasteiger partial charge in [0.05, 0.1) is 4.92 Å². The molecule has 0 saturated heterocycles. The van der Waals surface area contributed by atoms with Gasteiger partial charge in [-0.05, 0) is 12.5 Å². The minimum absolute atomic E-state index is 0. The Bertz CT molecular complexity index is 384. The van der Waals surface area contributed by atoms with Crippen LogP contribution in [0.1, 0.15) is 5.56 Å². The number of hydrogen-bond acceptors (Lipinski definition) is 4. The van der Waals surface area contributed by atoms with E-state index in [0.29, 0.717) is 18.8 Å². The first-order valence-electron chi connectivity index (χ1n) is 4.32. The first kappa shape index (κ1) is 11.7. The Morgan fingerprint density at radius 1 is 1.53 bits per heavy atom. The second-order valence-corrected chi connectivity index (χ2v) is 3.32. The number of fused-ring (bicyclic) bond motifs is 1. The van der Waals surface area contributed by atoms with Crippen molar-refractivity contribution < 1.29 is 9.66 Å². The highest BCUT2D eigenvalue weighted by Gasteiger charge is 2.19. The van der Waals surface area contributed by atoms with Crippen molar-refractivity contribution in [3.05, 3.63) is 33.9 Å². The van der Waals surface area contributed by atoms with Gasteiger partial charge in [-0.15, -0.1) is 12.4 Å². The summed E-state index contributed by atoms with van der Waals surface area (Å²) in [5.41, 5.74) is 6.58. The predicted molar refractivity (Wildman–Crippen MR) is 57.5 cm³/mol. The van der Waals surface area contributed by atoms with Crippen LogP contribution in [0.5, 0.6) is 5.75 Å². The lowest BCUT2D eigenvalue weighted by atomic mass is 10.0. The lowest BCUT2D eigenvalue weighted by molar-refractivity contribution is -0.385. The summed E-state index contributed by atoms with van der Waals surface area (Å²) in [4.78, 5) is 10.1. The SMILES string of the molecule is Cl.N[C@H]1COc2ccc([N+](=O)[O-])cc2C1. The van der Waals surface area contributed by atoms with Crippen molar-refractivity contribution >= 4 is 18.1 Å². The summed E-state index contributed by atoms with van der Waals surface area (Å²) < 4.78 is 5.32. The molecule has 2 rings (SSSR count).